The van der Waals surface area contributed by atoms with Crippen molar-refractivity contribution in [2.75, 3.05) is 6.61 Å². The molecular formula is C18H37O. The minimum atomic E-state index is 0.133. The molecule has 1 radical (unpaired) electrons. The molecule has 0 bridgehead atoms. The van der Waals surface area contributed by atoms with Gasteiger partial charge in [0.1, 0.15) is 0 Å². The predicted molar refractivity (Wildman–Crippen MR) is 85.0 cm³/mol. The van der Waals surface area contributed by atoms with E-state index in [0.29, 0.717) is 5.92 Å². The minimum Gasteiger partial charge on any atom is -0.236 e. The predicted octanol–water partition coefficient (Wildman–Crippen LogP) is 6.53. The van der Waals surface area contributed by atoms with Crippen LogP contribution in [0.25, 0.3) is 0 Å². The molecule has 0 aromatic rings. The van der Waals surface area contributed by atoms with E-state index in [1.807, 2.05) is 0 Å². The molecule has 0 aliphatic carbocycles. The van der Waals surface area contributed by atoms with Gasteiger partial charge in [0.2, 0.25) is 0 Å². The molecule has 0 amide bonds. The van der Waals surface area contributed by atoms with Crippen LogP contribution in [-0.2, 0) is 5.11 Å². The molecule has 1 atom stereocenters. The lowest BCUT2D eigenvalue weighted by molar-refractivity contribution is 0.134. The zero-order valence-electron chi connectivity index (χ0n) is 13.6. The lowest BCUT2D eigenvalue weighted by Crippen LogP contribution is -2.02. The van der Waals surface area contributed by atoms with Crippen molar-refractivity contribution in [2.45, 2.75) is 104 Å². The van der Waals surface area contributed by atoms with Crippen LogP contribution < -0.4 is 0 Å². The van der Waals surface area contributed by atoms with E-state index in [2.05, 4.69) is 13.8 Å². The zero-order chi connectivity index (χ0) is 14.2. The van der Waals surface area contributed by atoms with Gasteiger partial charge in [0, 0.05) is 0 Å². The Balaban J connectivity index is 3.02. The van der Waals surface area contributed by atoms with E-state index in [0.717, 1.165) is 12.8 Å². The first-order valence-electron chi connectivity index (χ1n) is 8.93. The molecule has 1 nitrogen and oxygen atoms in total. The summed E-state index contributed by atoms with van der Waals surface area (Å²) in [6.07, 6.45) is 19.0. The maximum atomic E-state index is 10.8. The van der Waals surface area contributed by atoms with E-state index in [-0.39, 0.29) is 6.61 Å². The number of rotatable bonds is 15. The van der Waals surface area contributed by atoms with Gasteiger partial charge in [-0.1, -0.05) is 97.3 Å². The molecule has 0 saturated heterocycles. The minimum absolute atomic E-state index is 0.133. The van der Waals surface area contributed by atoms with Crippen LogP contribution in [-0.4, -0.2) is 6.61 Å². The van der Waals surface area contributed by atoms with Gasteiger partial charge in [-0.25, -0.2) is 5.11 Å². The molecule has 0 saturated carbocycles. The second kappa shape index (κ2) is 16.0. The van der Waals surface area contributed by atoms with Crippen molar-refractivity contribution in [3.05, 3.63) is 0 Å². The lowest BCUT2D eigenvalue weighted by Gasteiger charge is -2.09. The normalized spacial score (nSPS) is 12.8. The van der Waals surface area contributed by atoms with Crippen LogP contribution in [0.5, 0.6) is 0 Å². The molecule has 1 unspecified atom stereocenters. The summed E-state index contributed by atoms with van der Waals surface area (Å²) in [4.78, 5) is 0. The topological polar surface area (TPSA) is 19.9 Å². The fourth-order valence-corrected chi connectivity index (χ4v) is 2.68. The van der Waals surface area contributed by atoms with Gasteiger partial charge in [-0.05, 0) is 12.3 Å². The molecule has 0 aromatic carbocycles. The fourth-order valence-electron chi connectivity index (χ4n) is 2.68. The maximum Gasteiger partial charge on any atom is 0.0850 e. The number of unbranched alkanes of at least 4 members (excludes halogenated alkanes) is 11. The number of hydrogen-bond acceptors (Lipinski definition) is 0. The molecule has 0 aromatic heterocycles. The Morgan fingerprint density at radius 1 is 0.632 bits per heavy atom. The van der Waals surface area contributed by atoms with Crippen molar-refractivity contribution in [1.29, 1.82) is 0 Å². The highest BCUT2D eigenvalue weighted by Crippen LogP contribution is 2.15. The monoisotopic (exact) mass is 269 g/mol. The molecule has 0 fully saturated rings. The second-order valence-corrected chi connectivity index (χ2v) is 6.12. The third-order valence-electron chi connectivity index (χ3n) is 4.28. The van der Waals surface area contributed by atoms with Crippen LogP contribution in [0.4, 0.5) is 0 Å². The van der Waals surface area contributed by atoms with Crippen molar-refractivity contribution < 1.29 is 5.11 Å². The van der Waals surface area contributed by atoms with Crippen molar-refractivity contribution >= 4 is 0 Å². The standard InChI is InChI=1S/C18H37O/c1-3-5-6-7-8-9-10-11-12-13-14-15-16-18(4-2)17-19/h18H,3-17H2,1-2H3. The summed E-state index contributed by atoms with van der Waals surface area (Å²) < 4.78 is 0. The van der Waals surface area contributed by atoms with Gasteiger partial charge in [-0.3, -0.25) is 0 Å². The third-order valence-corrected chi connectivity index (χ3v) is 4.28. The van der Waals surface area contributed by atoms with Gasteiger partial charge in [0.15, 0.2) is 0 Å². The first-order chi connectivity index (χ1) is 9.35. The second-order valence-electron chi connectivity index (χ2n) is 6.12. The Kier molecular flexibility index (Phi) is 16.0. The van der Waals surface area contributed by atoms with Crippen molar-refractivity contribution in [3.63, 3.8) is 0 Å². The highest BCUT2D eigenvalue weighted by molar-refractivity contribution is 4.55. The van der Waals surface area contributed by atoms with Crippen LogP contribution in [0, 0.1) is 5.92 Å². The van der Waals surface area contributed by atoms with Crippen molar-refractivity contribution in [1.82, 2.24) is 0 Å². The summed E-state index contributed by atoms with van der Waals surface area (Å²) in [6.45, 7) is 4.55. The van der Waals surface area contributed by atoms with E-state index < -0.39 is 0 Å². The summed E-state index contributed by atoms with van der Waals surface area (Å²) >= 11 is 0. The highest BCUT2D eigenvalue weighted by Gasteiger charge is 2.04. The lowest BCUT2D eigenvalue weighted by atomic mass is 9.98. The largest absolute Gasteiger partial charge is 0.236 e. The van der Waals surface area contributed by atoms with Crippen LogP contribution in [0.15, 0.2) is 0 Å². The summed E-state index contributed by atoms with van der Waals surface area (Å²) in [5.74, 6) is 0.447. The quantitative estimate of drug-likeness (QED) is 0.301. The summed E-state index contributed by atoms with van der Waals surface area (Å²) in [7, 11) is 0. The molecule has 115 valence electrons. The Labute approximate surface area is 122 Å². The smallest absolute Gasteiger partial charge is 0.0850 e. The molecule has 1 heteroatoms. The van der Waals surface area contributed by atoms with Gasteiger partial charge in [-0.2, -0.15) is 0 Å². The molecule has 0 spiro atoms. The van der Waals surface area contributed by atoms with Crippen molar-refractivity contribution in [3.8, 4) is 0 Å². The van der Waals surface area contributed by atoms with Crippen molar-refractivity contribution in [2.24, 2.45) is 5.92 Å². The average molecular weight is 269 g/mol. The summed E-state index contributed by atoms with van der Waals surface area (Å²) in [6, 6.07) is 0. The van der Waals surface area contributed by atoms with Gasteiger partial charge < -0.3 is 0 Å². The molecule has 0 heterocycles. The number of hydrogen-bond donors (Lipinski definition) is 0. The van der Waals surface area contributed by atoms with Gasteiger partial charge in [0.05, 0.1) is 6.61 Å². The van der Waals surface area contributed by atoms with Crippen LogP contribution in [0.3, 0.4) is 0 Å². The van der Waals surface area contributed by atoms with E-state index in [1.165, 1.54) is 77.0 Å². The fraction of sp³-hybridized carbons (Fsp3) is 1.00. The van der Waals surface area contributed by atoms with E-state index in [4.69, 9.17) is 0 Å². The van der Waals surface area contributed by atoms with Crippen LogP contribution >= 0.6 is 0 Å². The Hall–Kier alpha value is -0.0400. The molecule has 0 N–H and O–H groups in total. The Morgan fingerprint density at radius 3 is 1.42 bits per heavy atom. The Bertz CT molecular complexity index is 152. The Morgan fingerprint density at radius 2 is 1.05 bits per heavy atom. The average Bonchev–Trinajstić information content (AvgIpc) is 2.44. The first-order valence-corrected chi connectivity index (χ1v) is 8.93. The van der Waals surface area contributed by atoms with E-state index >= 15 is 0 Å². The van der Waals surface area contributed by atoms with E-state index in [9.17, 15) is 5.11 Å². The van der Waals surface area contributed by atoms with Gasteiger partial charge in [0.25, 0.3) is 0 Å². The molecule has 0 aliphatic heterocycles. The van der Waals surface area contributed by atoms with Gasteiger partial charge in [-0.15, -0.1) is 0 Å². The first kappa shape index (κ1) is 19.0. The van der Waals surface area contributed by atoms with Gasteiger partial charge >= 0.3 is 0 Å². The zero-order valence-corrected chi connectivity index (χ0v) is 13.6. The molecule has 19 heavy (non-hydrogen) atoms. The summed E-state index contributed by atoms with van der Waals surface area (Å²) in [5, 5.41) is 10.8. The molecular weight excluding hydrogens is 232 g/mol. The van der Waals surface area contributed by atoms with Crippen LogP contribution in [0.1, 0.15) is 104 Å². The maximum absolute atomic E-state index is 10.8. The highest BCUT2D eigenvalue weighted by atomic mass is 16.3. The molecule has 0 rings (SSSR count). The van der Waals surface area contributed by atoms with E-state index in [1.54, 1.807) is 0 Å². The molecule has 0 aliphatic rings. The summed E-state index contributed by atoms with van der Waals surface area (Å²) in [5.41, 5.74) is 0. The third kappa shape index (κ3) is 14.2. The SMILES string of the molecule is CCCCCCCCCCCCCCC(CC)C[O]. The van der Waals surface area contributed by atoms with Crippen LogP contribution in [0.2, 0.25) is 0 Å².